The maximum Gasteiger partial charge on any atom is 0.110 e. The van der Waals surface area contributed by atoms with Crippen LogP contribution in [0.3, 0.4) is 0 Å². The molecule has 1 aromatic heterocycles. The first kappa shape index (κ1) is 12.0. The van der Waals surface area contributed by atoms with Gasteiger partial charge in [-0.05, 0) is 39.5 Å². The normalized spacial score (nSPS) is 18.4. The predicted molar refractivity (Wildman–Crippen MR) is 66.9 cm³/mol. The number of aliphatic hydroxyl groups excluding tert-OH is 1. The van der Waals surface area contributed by atoms with E-state index >= 15 is 0 Å². The Morgan fingerprint density at radius 3 is 2.94 bits per heavy atom. The van der Waals surface area contributed by atoms with Crippen LogP contribution < -0.4 is 5.32 Å². The molecule has 4 heteroatoms. The number of hydrogen-bond donors (Lipinski definition) is 2. The molecule has 1 aliphatic carbocycles. The lowest BCUT2D eigenvalue weighted by Gasteiger charge is -2.17. The zero-order valence-electron chi connectivity index (χ0n) is 9.99. The monoisotopic (exact) mass is 240 g/mol. The summed E-state index contributed by atoms with van der Waals surface area (Å²) in [5, 5.41) is 13.5. The van der Waals surface area contributed by atoms with E-state index in [1.165, 1.54) is 28.4 Å². The van der Waals surface area contributed by atoms with E-state index in [0.29, 0.717) is 12.1 Å². The third kappa shape index (κ3) is 2.62. The summed E-state index contributed by atoms with van der Waals surface area (Å²) in [5.41, 5.74) is 1.32. The Morgan fingerprint density at radius 1 is 1.44 bits per heavy atom. The lowest BCUT2D eigenvalue weighted by atomic mass is 10.2. The van der Waals surface area contributed by atoms with Gasteiger partial charge in [0.2, 0.25) is 0 Å². The zero-order valence-corrected chi connectivity index (χ0v) is 10.8. The number of aliphatic hydroxyl groups is 1. The fourth-order valence-corrected chi connectivity index (χ4v) is 3.34. The molecule has 90 valence electrons. The molecule has 0 amide bonds. The number of rotatable bonds is 5. The predicted octanol–water partition coefficient (Wildman–Crippen LogP) is 2.05. The second-order valence-electron chi connectivity index (χ2n) is 4.58. The molecule has 0 saturated heterocycles. The minimum atomic E-state index is 0.245. The van der Waals surface area contributed by atoms with Crippen molar-refractivity contribution in [2.45, 2.75) is 51.6 Å². The lowest BCUT2D eigenvalue weighted by Crippen LogP contribution is -2.29. The molecule has 2 N–H and O–H groups in total. The van der Waals surface area contributed by atoms with Crippen molar-refractivity contribution in [2.24, 2.45) is 0 Å². The molecule has 2 rings (SSSR count). The van der Waals surface area contributed by atoms with E-state index in [0.717, 1.165) is 12.8 Å². The summed E-state index contributed by atoms with van der Waals surface area (Å²) in [5.74, 6) is 0. The third-order valence-electron chi connectivity index (χ3n) is 3.08. The van der Waals surface area contributed by atoms with Crippen LogP contribution in [0, 0.1) is 0 Å². The van der Waals surface area contributed by atoms with Crippen molar-refractivity contribution in [3.63, 3.8) is 0 Å². The van der Waals surface area contributed by atoms with Gasteiger partial charge in [-0.15, -0.1) is 11.3 Å². The molecule has 3 nitrogen and oxygen atoms in total. The summed E-state index contributed by atoms with van der Waals surface area (Å²) in [6.45, 7) is 4.51. The van der Waals surface area contributed by atoms with E-state index in [1.807, 2.05) is 11.3 Å². The Balaban J connectivity index is 1.95. The number of hydrogen-bond acceptors (Lipinski definition) is 4. The third-order valence-corrected chi connectivity index (χ3v) is 4.42. The van der Waals surface area contributed by atoms with Crippen LogP contribution in [0.5, 0.6) is 0 Å². The van der Waals surface area contributed by atoms with Gasteiger partial charge < -0.3 is 10.4 Å². The van der Waals surface area contributed by atoms with Crippen molar-refractivity contribution in [1.82, 2.24) is 10.3 Å². The molecule has 0 spiro atoms. The maximum absolute atomic E-state index is 8.86. The largest absolute Gasteiger partial charge is 0.396 e. The minimum Gasteiger partial charge on any atom is -0.396 e. The average molecular weight is 240 g/mol. The highest BCUT2D eigenvalue weighted by atomic mass is 32.1. The molecule has 1 heterocycles. The van der Waals surface area contributed by atoms with Gasteiger partial charge in [0, 0.05) is 17.5 Å². The minimum absolute atomic E-state index is 0.245. The maximum atomic E-state index is 8.86. The SMILES string of the molecule is CC(N[C@H](C)CCO)c1nc2c(s1)CCC2. The Hall–Kier alpha value is -0.450. The van der Waals surface area contributed by atoms with Crippen LogP contribution in [0.4, 0.5) is 0 Å². The topological polar surface area (TPSA) is 45.1 Å². The smallest absolute Gasteiger partial charge is 0.110 e. The molecule has 2 atom stereocenters. The van der Waals surface area contributed by atoms with Crippen LogP contribution in [-0.2, 0) is 12.8 Å². The summed E-state index contributed by atoms with van der Waals surface area (Å²) in [6, 6.07) is 0.649. The Kier molecular flexibility index (Phi) is 3.95. The lowest BCUT2D eigenvalue weighted by molar-refractivity contribution is 0.264. The Labute approximate surface area is 101 Å². The van der Waals surface area contributed by atoms with Gasteiger partial charge in [0.15, 0.2) is 0 Å². The molecule has 0 radical (unpaired) electrons. The van der Waals surface area contributed by atoms with Crippen LogP contribution >= 0.6 is 11.3 Å². The molecular formula is C12H20N2OS. The highest BCUT2D eigenvalue weighted by Gasteiger charge is 2.20. The molecule has 0 bridgehead atoms. The van der Waals surface area contributed by atoms with Crippen molar-refractivity contribution in [1.29, 1.82) is 0 Å². The van der Waals surface area contributed by atoms with Crippen molar-refractivity contribution in [2.75, 3.05) is 6.61 Å². The van der Waals surface area contributed by atoms with Crippen LogP contribution in [0.25, 0.3) is 0 Å². The second-order valence-corrected chi connectivity index (χ2v) is 5.69. The molecule has 0 aliphatic heterocycles. The van der Waals surface area contributed by atoms with E-state index in [1.54, 1.807) is 0 Å². The molecular weight excluding hydrogens is 220 g/mol. The number of aryl methyl sites for hydroxylation is 2. The van der Waals surface area contributed by atoms with Crippen LogP contribution in [0.15, 0.2) is 0 Å². The molecule has 1 unspecified atom stereocenters. The summed E-state index contributed by atoms with van der Waals surface area (Å²) in [6.07, 6.45) is 4.45. The number of nitrogens with zero attached hydrogens (tertiary/aromatic N) is 1. The van der Waals surface area contributed by atoms with Crippen molar-refractivity contribution < 1.29 is 5.11 Å². The number of nitrogens with one attached hydrogen (secondary N) is 1. The summed E-state index contributed by atoms with van der Waals surface area (Å²) in [4.78, 5) is 6.18. The average Bonchev–Trinajstić information content (AvgIpc) is 2.76. The van der Waals surface area contributed by atoms with Crippen LogP contribution in [-0.4, -0.2) is 22.7 Å². The quantitative estimate of drug-likeness (QED) is 0.828. The van der Waals surface area contributed by atoms with Gasteiger partial charge in [-0.2, -0.15) is 0 Å². The Morgan fingerprint density at radius 2 is 2.25 bits per heavy atom. The summed E-state index contributed by atoms with van der Waals surface area (Å²) < 4.78 is 0. The second kappa shape index (κ2) is 5.25. The first-order valence-electron chi connectivity index (χ1n) is 6.06. The summed E-state index contributed by atoms with van der Waals surface area (Å²) in [7, 11) is 0. The molecule has 0 fully saturated rings. The standard InChI is InChI=1S/C12H20N2OS/c1-8(6-7-15)13-9(2)12-14-10-4-3-5-11(10)16-12/h8-9,13,15H,3-7H2,1-2H3/t8-,9?/m1/s1. The molecule has 1 aliphatic rings. The Bertz CT molecular complexity index is 329. The first-order chi connectivity index (χ1) is 7.70. The van der Waals surface area contributed by atoms with Crippen molar-refractivity contribution >= 4 is 11.3 Å². The van der Waals surface area contributed by atoms with E-state index in [-0.39, 0.29) is 6.61 Å². The van der Waals surface area contributed by atoms with Gasteiger partial charge in [-0.3, -0.25) is 0 Å². The van der Waals surface area contributed by atoms with Gasteiger partial charge in [-0.25, -0.2) is 4.98 Å². The zero-order chi connectivity index (χ0) is 11.5. The van der Waals surface area contributed by atoms with Crippen LogP contribution in [0.1, 0.15) is 48.3 Å². The highest BCUT2D eigenvalue weighted by molar-refractivity contribution is 7.11. The number of fused-ring (bicyclic) bond motifs is 1. The summed E-state index contributed by atoms with van der Waals surface area (Å²) >= 11 is 1.85. The molecule has 0 aromatic carbocycles. The molecule has 16 heavy (non-hydrogen) atoms. The first-order valence-corrected chi connectivity index (χ1v) is 6.87. The van der Waals surface area contributed by atoms with Gasteiger partial charge in [0.25, 0.3) is 0 Å². The van der Waals surface area contributed by atoms with Crippen molar-refractivity contribution in [3.05, 3.63) is 15.6 Å². The molecule has 1 aromatic rings. The van der Waals surface area contributed by atoms with Gasteiger partial charge in [0.1, 0.15) is 5.01 Å². The number of aromatic nitrogens is 1. The highest BCUT2D eigenvalue weighted by Crippen LogP contribution is 2.30. The van der Waals surface area contributed by atoms with E-state index < -0.39 is 0 Å². The van der Waals surface area contributed by atoms with Gasteiger partial charge in [0.05, 0.1) is 11.7 Å². The fourth-order valence-electron chi connectivity index (χ4n) is 2.17. The number of thiazole rings is 1. The van der Waals surface area contributed by atoms with E-state index in [9.17, 15) is 0 Å². The van der Waals surface area contributed by atoms with Gasteiger partial charge >= 0.3 is 0 Å². The van der Waals surface area contributed by atoms with E-state index in [2.05, 4.69) is 19.2 Å². The molecule has 0 saturated carbocycles. The van der Waals surface area contributed by atoms with Gasteiger partial charge in [-0.1, -0.05) is 0 Å². The van der Waals surface area contributed by atoms with Crippen molar-refractivity contribution in [3.8, 4) is 0 Å². The van der Waals surface area contributed by atoms with E-state index in [4.69, 9.17) is 10.1 Å². The fraction of sp³-hybridized carbons (Fsp3) is 0.750. The van der Waals surface area contributed by atoms with Crippen LogP contribution in [0.2, 0.25) is 0 Å².